The molecular weight excluding hydrogens is 244 g/mol. The average molecular weight is 260 g/mol. The van der Waals surface area contributed by atoms with Crippen LogP contribution < -0.4 is 0 Å². The van der Waals surface area contributed by atoms with Gasteiger partial charge in [0.05, 0.1) is 6.61 Å². The van der Waals surface area contributed by atoms with Gasteiger partial charge in [-0.1, -0.05) is 12.1 Å². The number of H-pyrrole nitrogens is 1. The van der Waals surface area contributed by atoms with Gasteiger partial charge in [-0.25, -0.2) is 4.98 Å². The fourth-order valence-corrected chi connectivity index (χ4v) is 1.71. The van der Waals surface area contributed by atoms with Crippen LogP contribution in [0.25, 0.3) is 11.4 Å². The summed E-state index contributed by atoms with van der Waals surface area (Å²) in [7, 11) is 1.66. The molecule has 0 radical (unpaired) electrons. The predicted molar refractivity (Wildman–Crippen MR) is 70.6 cm³/mol. The molecule has 0 saturated heterocycles. The molecule has 1 heterocycles. The van der Waals surface area contributed by atoms with E-state index in [1.807, 2.05) is 19.1 Å². The minimum Gasteiger partial charge on any atom is -0.395 e. The molecule has 6 heteroatoms. The number of aliphatic hydroxyl groups is 1. The topological polar surface area (TPSA) is 82.1 Å². The molecule has 100 valence electrons. The first-order valence-corrected chi connectivity index (χ1v) is 5.97. The highest BCUT2D eigenvalue weighted by Crippen LogP contribution is 2.16. The van der Waals surface area contributed by atoms with Gasteiger partial charge in [-0.3, -0.25) is 9.89 Å². The van der Waals surface area contributed by atoms with Gasteiger partial charge < -0.3 is 10.0 Å². The maximum Gasteiger partial charge on any atom is 0.253 e. The number of carbonyl (C=O) groups is 1. The monoisotopic (exact) mass is 260 g/mol. The molecule has 0 spiro atoms. The molecule has 0 atom stereocenters. The van der Waals surface area contributed by atoms with Crippen LogP contribution in [0.1, 0.15) is 16.2 Å². The summed E-state index contributed by atoms with van der Waals surface area (Å²) in [6, 6.07) is 7.08. The number of aliphatic hydroxyl groups excluding tert-OH is 1. The van der Waals surface area contributed by atoms with Crippen LogP contribution in [0.5, 0.6) is 0 Å². The van der Waals surface area contributed by atoms with Crippen molar-refractivity contribution in [3.63, 3.8) is 0 Å². The quantitative estimate of drug-likeness (QED) is 0.853. The number of amides is 1. The zero-order valence-electron chi connectivity index (χ0n) is 10.9. The smallest absolute Gasteiger partial charge is 0.253 e. The number of nitrogens with one attached hydrogen (secondary N) is 1. The van der Waals surface area contributed by atoms with E-state index in [-0.39, 0.29) is 12.5 Å². The van der Waals surface area contributed by atoms with Gasteiger partial charge in [0.1, 0.15) is 5.82 Å². The molecule has 0 aliphatic heterocycles. The summed E-state index contributed by atoms with van der Waals surface area (Å²) >= 11 is 0. The zero-order chi connectivity index (χ0) is 13.8. The van der Waals surface area contributed by atoms with Crippen LogP contribution >= 0.6 is 0 Å². The lowest BCUT2D eigenvalue weighted by Gasteiger charge is -2.15. The Morgan fingerprint density at radius 3 is 2.58 bits per heavy atom. The molecule has 0 unspecified atom stereocenters. The average Bonchev–Trinajstić information content (AvgIpc) is 2.85. The summed E-state index contributed by atoms with van der Waals surface area (Å²) < 4.78 is 0. The van der Waals surface area contributed by atoms with Crippen LogP contribution in [0.4, 0.5) is 0 Å². The van der Waals surface area contributed by atoms with Crippen molar-refractivity contribution < 1.29 is 9.90 Å². The molecule has 0 aliphatic rings. The lowest BCUT2D eigenvalue weighted by atomic mass is 10.1. The predicted octanol–water partition coefficient (Wildman–Crippen LogP) is 0.844. The van der Waals surface area contributed by atoms with Crippen LogP contribution in [0, 0.1) is 6.92 Å². The Balaban J connectivity index is 2.16. The van der Waals surface area contributed by atoms with Crippen molar-refractivity contribution in [3.05, 3.63) is 35.7 Å². The van der Waals surface area contributed by atoms with E-state index in [1.54, 1.807) is 19.2 Å². The van der Waals surface area contributed by atoms with E-state index in [4.69, 9.17) is 5.11 Å². The van der Waals surface area contributed by atoms with Crippen molar-refractivity contribution in [2.75, 3.05) is 20.2 Å². The maximum atomic E-state index is 12.0. The van der Waals surface area contributed by atoms with Crippen molar-refractivity contribution in [1.29, 1.82) is 0 Å². The van der Waals surface area contributed by atoms with Crippen molar-refractivity contribution in [3.8, 4) is 11.4 Å². The molecule has 19 heavy (non-hydrogen) atoms. The molecule has 1 aromatic heterocycles. The Morgan fingerprint density at radius 2 is 2.05 bits per heavy atom. The summed E-state index contributed by atoms with van der Waals surface area (Å²) in [6.45, 7) is 2.11. The third-order valence-electron chi connectivity index (χ3n) is 2.77. The molecule has 0 saturated carbocycles. The van der Waals surface area contributed by atoms with Gasteiger partial charge in [0, 0.05) is 24.7 Å². The van der Waals surface area contributed by atoms with E-state index < -0.39 is 0 Å². The van der Waals surface area contributed by atoms with Crippen LogP contribution in [-0.2, 0) is 0 Å². The summed E-state index contributed by atoms with van der Waals surface area (Å²) in [5.41, 5.74) is 1.43. The number of aryl methyl sites for hydroxylation is 1. The fourth-order valence-electron chi connectivity index (χ4n) is 1.71. The van der Waals surface area contributed by atoms with E-state index in [0.717, 1.165) is 11.4 Å². The van der Waals surface area contributed by atoms with Gasteiger partial charge in [-0.15, -0.1) is 0 Å². The fraction of sp³-hybridized carbons (Fsp3) is 0.308. The molecule has 2 rings (SSSR count). The lowest BCUT2D eigenvalue weighted by Crippen LogP contribution is -2.29. The largest absolute Gasteiger partial charge is 0.395 e. The number of nitrogens with zero attached hydrogens (tertiary/aromatic N) is 3. The summed E-state index contributed by atoms with van der Waals surface area (Å²) in [5, 5.41) is 15.6. The van der Waals surface area contributed by atoms with Crippen LogP contribution in [0.3, 0.4) is 0 Å². The van der Waals surface area contributed by atoms with E-state index in [2.05, 4.69) is 15.2 Å². The van der Waals surface area contributed by atoms with Gasteiger partial charge >= 0.3 is 0 Å². The minimum absolute atomic E-state index is 0.0449. The highest BCUT2D eigenvalue weighted by Gasteiger charge is 2.11. The standard InChI is InChI=1S/C13H16N4O2/c1-9-14-12(16-15-9)10-3-5-11(6-4-10)13(19)17(2)7-8-18/h3-6,18H,7-8H2,1-2H3,(H,14,15,16). The number of aromatic amines is 1. The Labute approximate surface area is 111 Å². The number of hydrogen-bond donors (Lipinski definition) is 2. The van der Waals surface area contributed by atoms with Gasteiger partial charge in [0.15, 0.2) is 5.82 Å². The number of benzene rings is 1. The Bertz CT molecular complexity index is 562. The third kappa shape index (κ3) is 2.97. The van der Waals surface area contributed by atoms with Gasteiger partial charge in [-0.05, 0) is 19.1 Å². The molecule has 0 aliphatic carbocycles. The van der Waals surface area contributed by atoms with Crippen molar-refractivity contribution in [2.45, 2.75) is 6.92 Å². The summed E-state index contributed by atoms with van der Waals surface area (Å²) in [5.74, 6) is 1.24. The Kier molecular flexibility index (Phi) is 3.91. The van der Waals surface area contributed by atoms with Crippen molar-refractivity contribution in [1.82, 2.24) is 20.1 Å². The number of hydrogen-bond acceptors (Lipinski definition) is 4. The van der Waals surface area contributed by atoms with Crippen LogP contribution in [0.2, 0.25) is 0 Å². The number of likely N-dealkylation sites (N-methyl/N-ethyl adjacent to an activating group) is 1. The lowest BCUT2D eigenvalue weighted by molar-refractivity contribution is 0.0767. The molecule has 1 amide bonds. The molecule has 0 bridgehead atoms. The molecule has 1 aromatic carbocycles. The Morgan fingerprint density at radius 1 is 1.37 bits per heavy atom. The molecular formula is C13H16N4O2. The first kappa shape index (κ1) is 13.2. The third-order valence-corrected chi connectivity index (χ3v) is 2.77. The second kappa shape index (κ2) is 5.62. The summed E-state index contributed by atoms with van der Waals surface area (Å²) in [4.78, 5) is 17.7. The zero-order valence-corrected chi connectivity index (χ0v) is 10.9. The summed E-state index contributed by atoms with van der Waals surface area (Å²) in [6.07, 6.45) is 0. The van der Waals surface area contributed by atoms with Crippen LogP contribution in [0.15, 0.2) is 24.3 Å². The molecule has 2 aromatic rings. The van der Waals surface area contributed by atoms with Crippen LogP contribution in [-0.4, -0.2) is 51.3 Å². The second-order valence-corrected chi connectivity index (χ2v) is 4.27. The van der Waals surface area contributed by atoms with Gasteiger partial charge in [0.25, 0.3) is 5.91 Å². The van der Waals surface area contributed by atoms with E-state index in [0.29, 0.717) is 17.9 Å². The highest BCUT2D eigenvalue weighted by molar-refractivity contribution is 5.94. The Hall–Kier alpha value is -2.21. The first-order valence-electron chi connectivity index (χ1n) is 5.97. The van der Waals surface area contributed by atoms with Gasteiger partial charge in [-0.2, -0.15) is 5.10 Å². The van der Waals surface area contributed by atoms with E-state index in [1.165, 1.54) is 4.90 Å². The SMILES string of the molecule is Cc1nc(-c2ccc(C(=O)N(C)CCO)cc2)n[nH]1. The van der Waals surface area contributed by atoms with E-state index >= 15 is 0 Å². The molecule has 6 nitrogen and oxygen atoms in total. The number of rotatable bonds is 4. The van der Waals surface area contributed by atoms with Gasteiger partial charge in [0.2, 0.25) is 0 Å². The second-order valence-electron chi connectivity index (χ2n) is 4.27. The minimum atomic E-state index is -0.119. The highest BCUT2D eigenvalue weighted by atomic mass is 16.3. The molecule has 2 N–H and O–H groups in total. The van der Waals surface area contributed by atoms with Crippen molar-refractivity contribution in [2.24, 2.45) is 0 Å². The van der Waals surface area contributed by atoms with Crippen molar-refractivity contribution >= 4 is 5.91 Å². The maximum absolute atomic E-state index is 12.0. The first-order chi connectivity index (χ1) is 9.11. The molecule has 0 fully saturated rings. The van der Waals surface area contributed by atoms with E-state index in [9.17, 15) is 4.79 Å². The number of carbonyl (C=O) groups excluding carboxylic acids is 1. The number of aromatic nitrogens is 3. The normalized spacial score (nSPS) is 10.5.